The molecule has 0 saturated carbocycles. The van der Waals surface area contributed by atoms with Gasteiger partial charge in [0.1, 0.15) is 10.8 Å². The molecule has 1 heterocycles. The van der Waals surface area contributed by atoms with Gasteiger partial charge in [0.2, 0.25) is 0 Å². The van der Waals surface area contributed by atoms with Crippen molar-refractivity contribution in [1.29, 1.82) is 0 Å². The second-order valence-electron chi connectivity index (χ2n) is 3.45. The van der Waals surface area contributed by atoms with Crippen molar-refractivity contribution >= 4 is 28.8 Å². The molecule has 0 aliphatic heterocycles. The average molecular weight is 267 g/mol. The number of ether oxygens (including phenoxy) is 1. The first-order chi connectivity index (χ1) is 8.19. The van der Waals surface area contributed by atoms with E-state index in [1.165, 1.54) is 0 Å². The molecule has 2 rings (SSSR count). The van der Waals surface area contributed by atoms with Gasteiger partial charge in [-0.3, -0.25) is 0 Å². The van der Waals surface area contributed by atoms with Crippen LogP contribution in [0.1, 0.15) is 10.6 Å². The number of rotatable bonds is 4. The van der Waals surface area contributed by atoms with Gasteiger partial charge in [0, 0.05) is 17.0 Å². The van der Waals surface area contributed by atoms with Gasteiger partial charge in [0.05, 0.1) is 7.11 Å². The van der Waals surface area contributed by atoms with Gasteiger partial charge in [-0.25, -0.2) is 0 Å². The van der Waals surface area contributed by atoms with Crippen molar-refractivity contribution in [2.75, 3.05) is 12.8 Å². The average Bonchev–Trinajstić information content (AvgIpc) is 2.73. The highest BCUT2D eigenvalue weighted by Gasteiger charge is 2.06. The Morgan fingerprint density at radius 3 is 2.88 bits per heavy atom. The lowest BCUT2D eigenvalue weighted by atomic mass is 10.2. The third-order valence-electron chi connectivity index (χ3n) is 2.16. The van der Waals surface area contributed by atoms with E-state index in [1.54, 1.807) is 30.2 Å². The van der Waals surface area contributed by atoms with Crippen molar-refractivity contribution in [2.24, 2.45) is 0 Å². The Morgan fingerprint density at radius 1 is 1.41 bits per heavy atom. The van der Waals surface area contributed by atoms with Crippen LogP contribution in [-0.4, -0.2) is 17.3 Å². The third kappa shape index (κ3) is 3.10. The summed E-state index contributed by atoms with van der Waals surface area (Å²) in [5.74, 6) is 1.64. The minimum Gasteiger partial charge on any atom is -0.496 e. The summed E-state index contributed by atoms with van der Waals surface area (Å²) in [6, 6.07) is 5.65. The second kappa shape index (κ2) is 5.37. The summed E-state index contributed by atoms with van der Waals surface area (Å²) in [7, 11) is 1.66. The molecule has 0 bridgehead atoms. The van der Waals surface area contributed by atoms with Crippen LogP contribution >= 0.6 is 23.1 Å². The fourth-order valence-electron chi connectivity index (χ4n) is 1.39. The van der Waals surface area contributed by atoms with Crippen LogP contribution in [0.4, 0.5) is 5.69 Å². The monoisotopic (exact) mass is 267 g/mol. The summed E-state index contributed by atoms with van der Waals surface area (Å²) >= 11 is 3.24. The summed E-state index contributed by atoms with van der Waals surface area (Å²) in [6.07, 6.45) is 0. The quantitative estimate of drug-likeness (QED) is 0.681. The number of thioether (sulfide) groups is 1. The first-order valence-corrected chi connectivity index (χ1v) is 6.84. The van der Waals surface area contributed by atoms with Crippen LogP contribution in [0.5, 0.6) is 5.75 Å². The van der Waals surface area contributed by atoms with Gasteiger partial charge < -0.3 is 10.5 Å². The van der Waals surface area contributed by atoms with Crippen molar-refractivity contribution in [3.63, 3.8) is 0 Å². The maximum Gasteiger partial charge on any atom is 0.174 e. The maximum absolute atomic E-state index is 5.77. The van der Waals surface area contributed by atoms with Gasteiger partial charge in [-0.2, -0.15) is 0 Å². The van der Waals surface area contributed by atoms with Gasteiger partial charge in [-0.15, -0.1) is 10.2 Å². The van der Waals surface area contributed by atoms with Gasteiger partial charge in [0.25, 0.3) is 0 Å². The summed E-state index contributed by atoms with van der Waals surface area (Å²) in [6.45, 7) is 1.95. The van der Waals surface area contributed by atoms with Gasteiger partial charge in [0.15, 0.2) is 4.34 Å². The number of hydrogen-bond donors (Lipinski definition) is 1. The van der Waals surface area contributed by atoms with E-state index in [9.17, 15) is 0 Å². The molecule has 17 heavy (non-hydrogen) atoms. The molecule has 6 heteroatoms. The molecule has 0 saturated heterocycles. The molecule has 2 N–H and O–H groups in total. The van der Waals surface area contributed by atoms with Crippen molar-refractivity contribution < 1.29 is 4.74 Å². The minimum absolute atomic E-state index is 0.745. The molecule has 0 aliphatic rings. The zero-order valence-corrected chi connectivity index (χ0v) is 11.3. The Bertz CT molecular complexity index is 513. The molecule has 1 aromatic heterocycles. The van der Waals surface area contributed by atoms with Gasteiger partial charge >= 0.3 is 0 Å². The Morgan fingerprint density at radius 2 is 2.24 bits per heavy atom. The molecule has 0 amide bonds. The number of nitrogen functional groups attached to an aromatic ring is 1. The van der Waals surface area contributed by atoms with Gasteiger partial charge in [-0.1, -0.05) is 23.1 Å². The normalized spacial score (nSPS) is 10.5. The molecular formula is C11H13N3OS2. The predicted molar refractivity (Wildman–Crippen MR) is 71.6 cm³/mol. The number of aromatic nitrogens is 2. The molecule has 0 atom stereocenters. The molecule has 90 valence electrons. The Balaban J connectivity index is 2.10. The molecule has 4 nitrogen and oxygen atoms in total. The van der Waals surface area contributed by atoms with Crippen LogP contribution in [0.2, 0.25) is 0 Å². The number of methoxy groups -OCH3 is 1. The number of anilines is 1. The highest BCUT2D eigenvalue weighted by Crippen LogP contribution is 2.30. The van der Waals surface area contributed by atoms with E-state index in [2.05, 4.69) is 10.2 Å². The van der Waals surface area contributed by atoms with Crippen molar-refractivity contribution in [1.82, 2.24) is 10.2 Å². The predicted octanol–water partition coefficient (Wildman–Crippen LogP) is 2.73. The number of hydrogen-bond acceptors (Lipinski definition) is 6. The Hall–Kier alpha value is -1.27. The first-order valence-electron chi connectivity index (χ1n) is 5.04. The Labute approximate surface area is 108 Å². The van der Waals surface area contributed by atoms with Crippen molar-refractivity contribution in [3.8, 4) is 5.75 Å². The lowest BCUT2D eigenvalue weighted by Crippen LogP contribution is -1.93. The van der Waals surface area contributed by atoms with E-state index >= 15 is 0 Å². The van der Waals surface area contributed by atoms with Crippen molar-refractivity contribution in [2.45, 2.75) is 17.0 Å². The van der Waals surface area contributed by atoms with Crippen LogP contribution in [0, 0.1) is 6.92 Å². The molecule has 0 radical (unpaired) electrons. The lowest BCUT2D eigenvalue weighted by Gasteiger charge is -2.07. The molecule has 1 aromatic carbocycles. The zero-order chi connectivity index (χ0) is 12.3. The standard InChI is InChI=1S/C11H13N3OS2/c1-7-13-14-11(17-7)16-6-8-5-9(12)3-4-10(8)15-2/h3-5H,6,12H2,1-2H3. The largest absolute Gasteiger partial charge is 0.496 e. The van der Waals surface area contributed by atoms with Crippen molar-refractivity contribution in [3.05, 3.63) is 28.8 Å². The molecular weight excluding hydrogens is 254 g/mol. The van der Waals surface area contributed by atoms with E-state index < -0.39 is 0 Å². The summed E-state index contributed by atoms with van der Waals surface area (Å²) in [5.41, 5.74) is 7.58. The molecule has 0 spiro atoms. The smallest absolute Gasteiger partial charge is 0.174 e. The summed E-state index contributed by atoms with van der Waals surface area (Å²) < 4.78 is 6.26. The minimum atomic E-state index is 0.745. The van der Waals surface area contributed by atoms with Crippen LogP contribution in [0.15, 0.2) is 22.5 Å². The number of benzene rings is 1. The fraction of sp³-hybridized carbons (Fsp3) is 0.273. The number of aryl methyl sites for hydroxylation is 1. The van der Waals surface area contributed by atoms with Crippen LogP contribution in [0.25, 0.3) is 0 Å². The van der Waals surface area contributed by atoms with Crippen LogP contribution < -0.4 is 10.5 Å². The number of nitrogens with zero attached hydrogens (tertiary/aromatic N) is 2. The Kier molecular flexibility index (Phi) is 3.86. The molecule has 0 fully saturated rings. The third-order valence-corrected chi connectivity index (χ3v) is 4.18. The lowest BCUT2D eigenvalue weighted by molar-refractivity contribution is 0.411. The van der Waals surface area contributed by atoms with E-state index in [4.69, 9.17) is 10.5 Å². The fourth-order valence-corrected chi connectivity index (χ4v) is 3.18. The SMILES string of the molecule is COc1ccc(N)cc1CSc1nnc(C)s1. The maximum atomic E-state index is 5.77. The highest BCUT2D eigenvalue weighted by atomic mass is 32.2. The molecule has 0 aliphatic carbocycles. The van der Waals surface area contributed by atoms with E-state index in [-0.39, 0.29) is 0 Å². The van der Waals surface area contributed by atoms with Crippen LogP contribution in [-0.2, 0) is 5.75 Å². The summed E-state index contributed by atoms with van der Waals surface area (Å²) in [4.78, 5) is 0. The van der Waals surface area contributed by atoms with E-state index in [0.717, 1.165) is 32.1 Å². The number of nitrogens with two attached hydrogens (primary N) is 1. The molecule has 0 unspecified atom stereocenters. The first kappa shape index (κ1) is 12.2. The van der Waals surface area contributed by atoms with E-state index in [1.807, 2.05) is 25.1 Å². The van der Waals surface area contributed by atoms with E-state index in [0.29, 0.717) is 0 Å². The zero-order valence-electron chi connectivity index (χ0n) is 9.64. The van der Waals surface area contributed by atoms with Crippen LogP contribution in [0.3, 0.4) is 0 Å². The highest BCUT2D eigenvalue weighted by molar-refractivity contribution is 8.00. The molecule has 2 aromatic rings. The second-order valence-corrected chi connectivity index (χ2v) is 5.85. The topological polar surface area (TPSA) is 61.0 Å². The van der Waals surface area contributed by atoms with Gasteiger partial charge in [-0.05, 0) is 25.1 Å². The summed E-state index contributed by atoms with van der Waals surface area (Å²) in [5, 5.41) is 9.03.